The van der Waals surface area contributed by atoms with E-state index in [2.05, 4.69) is 17.6 Å². The predicted molar refractivity (Wildman–Crippen MR) is 92.9 cm³/mol. The summed E-state index contributed by atoms with van der Waals surface area (Å²) in [6.45, 7) is 3.15. The molecule has 0 aliphatic carbocycles. The third-order valence-corrected chi connectivity index (χ3v) is 3.38. The summed E-state index contributed by atoms with van der Waals surface area (Å²) >= 11 is 0. The van der Waals surface area contributed by atoms with Crippen LogP contribution in [0.5, 0.6) is 0 Å². The third-order valence-electron chi connectivity index (χ3n) is 3.38. The fraction of sp³-hybridized carbons (Fsp3) is 0.263. The molecule has 0 aliphatic heterocycles. The number of hydrogen-bond acceptors (Lipinski definition) is 2. The summed E-state index contributed by atoms with van der Waals surface area (Å²) < 4.78 is 0. The summed E-state index contributed by atoms with van der Waals surface area (Å²) in [7, 11) is 0. The van der Waals surface area contributed by atoms with E-state index < -0.39 is 0 Å². The second-order valence-electron chi connectivity index (χ2n) is 5.24. The Balaban J connectivity index is 1.76. The van der Waals surface area contributed by atoms with Gasteiger partial charge in [-0.15, -0.1) is 0 Å². The molecule has 2 rings (SSSR count). The first kappa shape index (κ1) is 16.1. The topological polar surface area (TPSA) is 41.1 Å². The number of benzene rings is 2. The van der Waals surface area contributed by atoms with Crippen LogP contribution in [0.3, 0.4) is 0 Å². The van der Waals surface area contributed by atoms with Crippen molar-refractivity contribution in [2.75, 3.05) is 17.2 Å². The predicted octanol–water partition coefficient (Wildman–Crippen LogP) is 4.28. The van der Waals surface area contributed by atoms with E-state index in [1.54, 1.807) is 6.42 Å². The highest BCUT2D eigenvalue weighted by atomic mass is 16.1. The van der Waals surface area contributed by atoms with Crippen molar-refractivity contribution in [1.82, 2.24) is 0 Å². The first-order chi connectivity index (χ1) is 10.8. The Bertz CT molecular complexity index is 564. The molecule has 0 saturated heterocycles. The molecule has 3 heteroatoms. The summed E-state index contributed by atoms with van der Waals surface area (Å²) in [4.78, 5) is 11.9. The first-order valence-corrected chi connectivity index (χ1v) is 7.80. The lowest BCUT2D eigenvalue weighted by molar-refractivity contribution is -0.113. The van der Waals surface area contributed by atoms with Gasteiger partial charge in [-0.05, 0) is 42.7 Å². The molecular weight excluding hydrogens is 272 g/mol. The molecule has 1 radical (unpaired) electrons. The van der Waals surface area contributed by atoms with Crippen LogP contribution in [0, 0.1) is 6.42 Å². The van der Waals surface area contributed by atoms with Crippen molar-refractivity contribution in [3.63, 3.8) is 0 Å². The van der Waals surface area contributed by atoms with E-state index in [-0.39, 0.29) is 5.91 Å². The summed E-state index contributed by atoms with van der Waals surface area (Å²) in [5, 5.41) is 6.24. The van der Waals surface area contributed by atoms with Gasteiger partial charge in [-0.1, -0.05) is 43.7 Å². The van der Waals surface area contributed by atoms with Gasteiger partial charge in [-0.25, -0.2) is 0 Å². The average Bonchev–Trinajstić information content (AvgIpc) is 2.56. The van der Waals surface area contributed by atoms with Crippen LogP contribution in [0.4, 0.5) is 11.4 Å². The van der Waals surface area contributed by atoms with Crippen molar-refractivity contribution in [3.8, 4) is 0 Å². The molecule has 0 unspecified atom stereocenters. The summed E-state index contributed by atoms with van der Waals surface area (Å²) in [6, 6.07) is 17.8. The quantitative estimate of drug-likeness (QED) is 0.713. The molecule has 3 nitrogen and oxygen atoms in total. The van der Waals surface area contributed by atoms with Gasteiger partial charge >= 0.3 is 0 Å². The molecule has 1 amide bonds. The molecule has 22 heavy (non-hydrogen) atoms. The minimum atomic E-state index is -0.0736. The van der Waals surface area contributed by atoms with Crippen LogP contribution < -0.4 is 10.6 Å². The van der Waals surface area contributed by atoms with E-state index in [1.807, 2.05) is 54.6 Å². The molecular formula is C19H23N2O. The first-order valence-electron chi connectivity index (χ1n) is 7.80. The summed E-state index contributed by atoms with van der Waals surface area (Å²) in [5.41, 5.74) is 3.03. The highest BCUT2D eigenvalue weighted by Gasteiger charge is 2.03. The maximum absolute atomic E-state index is 11.9. The van der Waals surface area contributed by atoms with Crippen molar-refractivity contribution in [2.45, 2.75) is 26.2 Å². The van der Waals surface area contributed by atoms with E-state index in [0.29, 0.717) is 6.42 Å². The molecule has 2 N–H and O–H groups in total. The van der Waals surface area contributed by atoms with Gasteiger partial charge in [0, 0.05) is 17.9 Å². The normalized spacial score (nSPS) is 10.2. The Kier molecular flexibility index (Phi) is 6.49. The molecule has 115 valence electrons. The molecule has 0 heterocycles. The number of hydrogen-bond donors (Lipinski definition) is 2. The van der Waals surface area contributed by atoms with Crippen LogP contribution in [-0.4, -0.2) is 12.5 Å². The van der Waals surface area contributed by atoms with Crippen molar-refractivity contribution >= 4 is 17.3 Å². The van der Waals surface area contributed by atoms with Gasteiger partial charge in [0.15, 0.2) is 0 Å². The van der Waals surface area contributed by atoms with E-state index in [0.717, 1.165) is 29.9 Å². The minimum Gasteiger partial charge on any atom is -0.385 e. The Morgan fingerprint density at radius 2 is 1.68 bits per heavy atom. The molecule has 0 fully saturated rings. The van der Waals surface area contributed by atoms with Crippen molar-refractivity contribution in [3.05, 3.63) is 66.6 Å². The molecule has 0 aromatic heterocycles. The molecule has 2 aromatic carbocycles. The van der Waals surface area contributed by atoms with E-state index in [4.69, 9.17) is 0 Å². The fourth-order valence-electron chi connectivity index (χ4n) is 2.10. The second-order valence-corrected chi connectivity index (χ2v) is 5.24. The van der Waals surface area contributed by atoms with Gasteiger partial charge in [-0.3, -0.25) is 4.79 Å². The average molecular weight is 295 g/mol. The second kappa shape index (κ2) is 8.88. The van der Waals surface area contributed by atoms with Crippen LogP contribution in [0.1, 0.15) is 25.3 Å². The lowest BCUT2D eigenvalue weighted by Gasteiger charge is -2.08. The molecule has 0 saturated carbocycles. The van der Waals surface area contributed by atoms with Crippen LogP contribution in [0.25, 0.3) is 0 Å². The SMILES string of the molecule is CCCCNc1ccc(NC(=O)[CH]Cc2ccccc2)cc1. The summed E-state index contributed by atoms with van der Waals surface area (Å²) in [5.74, 6) is -0.0736. The Labute approximate surface area is 132 Å². The molecule has 2 aromatic rings. The number of nitrogens with one attached hydrogen (secondary N) is 2. The summed E-state index contributed by atoms with van der Waals surface area (Å²) in [6.07, 6.45) is 4.65. The number of carbonyl (C=O) groups is 1. The molecule has 0 atom stereocenters. The van der Waals surface area contributed by atoms with Crippen LogP contribution >= 0.6 is 0 Å². The Morgan fingerprint density at radius 3 is 2.36 bits per heavy atom. The number of anilines is 2. The van der Waals surface area contributed by atoms with Gasteiger partial charge in [0.1, 0.15) is 0 Å². The molecule has 0 bridgehead atoms. The maximum atomic E-state index is 11.9. The lowest BCUT2D eigenvalue weighted by Crippen LogP contribution is -2.13. The highest BCUT2D eigenvalue weighted by molar-refractivity contribution is 5.97. The fourth-order valence-corrected chi connectivity index (χ4v) is 2.10. The van der Waals surface area contributed by atoms with E-state index >= 15 is 0 Å². The van der Waals surface area contributed by atoms with Crippen LogP contribution in [0.2, 0.25) is 0 Å². The van der Waals surface area contributed by atoms with Gasteiger partial charge in [0.2, 0.25) is 5.91 Å². The zero-order valence-electron chi connectivity index (χ0n) is 13.0. The molecule has 0 spiro atoms. The van der Waals surface area contributed by atoms with Crippen molar-refractivity contribution in [2.24, 2.45) is 0 Å². The number of unbranched alkanes of at least 4 members (excludes halogenated alkanes) is 1. The van der Waals surface area contributed by atoms with E-state index in [1.165, 1.54) is 6.42 Å². The van der Waals surface area contributed by atoms with Gasteiger partial charge in [0.25, 0.3) is 0 Å². The lowest BCUT2D eigenvalue weighted by atomic mass is 10.1. The highest BCUT2D eigenvalue weighted by Crippen LogP contribution is 2.14. The Hall–Kier alpha value is -2.29. The minimum absolute atomic E-state index is 0.0736. The van der Waals surface area contributed by atoms with Gasteiger partial charge in [0.05, 0.1) is 6.42 Å². The number of amides is 1. The van der Waals surface area contributed by atoms with Crippen molar-refractivity contribution < 1.29 is 4.79 Å². The maximum Gasteiger partial charge on any atom is 0.228 e. The van der Waals surface area contributed by atoms with Crippen LogP contribution in [0.15, 0.2) is 54.6 Å². The standard InChI is InChI=1S/C19H23N2O/c1-2-3-15-20-17-10-12-18(13-11-17)21-19(22)14-9-16-7-5-4-6-8-16/h4-8,10-14,20H,2-3,9,15H2,1H3,(H,21,22). The number of carbonyl (C=O) groups excluding carboxylic acids is 1. The molecule has 0 aliphatic rings. The van der Waals surface area contributed by atoms with Gasteiger partial charge in [-0.2, -0.15) is 0 Å². The Morgan fingerprint density at radius 1 is 1.00 bits per heavy atom. The van der Waals surface area contributed by atoms with E-state index in [9.17, 15) is 4.79 Å². The zero-order chi connectivity index (χ0) is 15.6. The van der Waals surface area contributed by atoms with Crippen LogP contribution in [-0.2, 0) is 11.2 Å². The smallest absolute Gasteiger partial charge is 0.228 e. The third kappa shape index (κ3) is 5.60. The number of rotatable bonds is 8. The monoisotopic (exact) mass is 295 g/mol. The van der Waals surface area contributed by atoms with Crippen molar-refractivity contribution in [1.29, 1.82) is 0 Å². The van der Waals surface area contributed by atoms with Gasteiger partial charge < -0.3 is 10.6 Å². The zero-order valence-corrected chi connectivity index (χ0v) is 13.0. The largest absolute Gasteiger partial charge is 0.385 e.